The molecule has 5 heteroatoms. The summed E-state index contributed by atoms with van der Waals surface area (Å²) in [7, 11) is 0. The van der Waals surface area contributed by atoms with Crippen molar-refractivity contribution in [2.24, 2.45) is 0 Å². The Morgan fingerprint density at radius 3 is 1.86 bits per heavy atom. The van der Waals surface area contributed by atoms with E-state index >= 15 is 0 Å². The van der Waals surface area contributed by atoms with E-state index in [0.717, 1.165) is 5.69 Å². The Labute approximate surface area is 171 Å². The number of hydrogen-bond donors (Lipinski definition) is 2. The summed E-state index contributed by atoms with van der Waals surface area (Å²) in [6, 6.07) is 12.3. The first-order valence-electron chi connectivity index (χ1n) is 10.5. The van der Waals surface area contributed by atoms with Gasteiger partial charge < -0.3 is 15.1 Å². The van der Waals surface area contributed by atoms with Crippen LogP contribution in [0.15, 0.2) is 42.5 Å². The summed E-state index contributed by atoms with van der Waals surface area (Å²) in [5.41, 5.74) is 1.13. The van der Waals surface area contributed by atoms with Gasteiger partial charge in [0.1, 0.15) is 5.75 Å². The van der Waals surface area contributed by atoms with Gasteiger partial charge in [-0.05, 0) is 43.9 Å². The monoisotopic (exact) mass is 393 g/mol. The highest BCUT2D eigenvalue weighted by Crippen LogP contribution is 2.37. The number of ketones is 1. The number of nitrogens with zero attached hydrogens (tertiary/aromatic N) is 1. The summed E-state index contributed by atoms with van der Waals surface area (Å²) in [6.45, 7) is 0. The van der Waals surface area contributed by atoms with E-state index in [1.165, 1.54) is 63.5 Å². The SMILES string of the molecule is O=C(O)c1ccccc1C(=O)c1ccc(N(C2CCCC2)C2CCCC2)cc1O. The maximum atomic E-state index is 12.9. The van der Waals surface area contributed by atoms with Gasteiger partial charge in [0.25, 0.3) is 0 Å². The lowest BCUT2D eigenvalue weighted by molar-refractivity contribution is 0.0692. The molecule has 29 heavy (non-hydrogen) atoms. The summed E-state index contributed by atoms with van der Waals surface area (Å²) in [6.07, 6.45) is 9.64. The van der Waals surface area contributed by atoms with Crippen LogP contribution in [0.4, 0.5) is 5.69 Å². The molecule has 2 saturated carbocycles. The van der Waals surface area contributed by atoms with E-state index in [-0.39, 0.29) is 22.4 Å². The van der Waals surface area contributed by atoms with Gasteiger partial charge in [-0.25, -0.2) is 4.79 Å². The van der Waals surface area contributed by atoms with Gasteiger partial charge >= 0.3 is 5.97 Å². The summed E-state index contributed by atoms with van der Waals surface area (Å²) < 4.78 is 0. The van der Waals surface area contributed by atoms with E-state index in [1.807, 2.05) is 6.07 Å². The number of carbonyl (C=O) groups is 2. The second kappa shape index (κ2) is 8.27. The lowest BCUT2D eigenvalue weighted by Crippen LogP contribution is -2.40. The van der Waals surface area contributed by atoms with Crippen LogP contribution >= 0.6 is 0 Å². The number of aromatic carboxylic acids is 1. The van der Waals surface area contributed by atoms with Gasteiger partial charge in [-0.15, -0.1) is 0 Å². The van der Waals surface area contributed by atoms with Crippen molar-refractivity contribution in [3.05, 3.63) is 59.2 Å². The van der Waals surface area contributed by atoms with Gasteiger partial charge in [-0.2, -0.15) is 0 Å². The largest absolute Gasteiger partial charge is 0.507 e. The van der Waals surface area contributed by atoms with Crippen molar-refractivity contribution in [2.75, 3.05) is 4.90 Å². The maximum absolute atomic E-state index is 12.9. The number of phenolic OH excluding ortho intramolecular Hbond substituents is 1. The van der Waals surface area contributed by atoms with Crippen LogP contribution < -0.4 is 4.90 Å². The zero-order valence-corrected chi connectivity index (χ0v) is 16.5. The first-order chi connectivity index (χ1) is 14.1. The highest BCUT2D eigenvalue weighted by atomic mass is 16.4. The first-order valence-corrected chi connectivity index (χ1v) is 10.5. The fraction of sp³-hybridized carbons (Fsp3) is 0.417. The third-order valence-corrected chi connectivity index (χ3v) is 6.36. The molecule has 2 N–H and O–H groups in total. The molecule has 4 rings (SSSR count). The normalized spacial score (nSPS) is 17.5. The van der Waals surface area contributed by atoms with Gasteiger partial charge in [-0.1, -0.05) is 43.9 Å². The third kappa shape index (κ3) is 3.86. The Morgan fingerprint density at radius 2 is 1.34 bits per heavy atom. The van der Waals surface area contributed by atoms with Crippen LogP contribution in [0.3, 0.4) is 0 Å². The molecule has 2 aromatic rings. The van der Waals surface area contributed by atoms with E-state index in [4.69, 9.17) is 0 Å². The molecule has 2 aliphatic rings. The number of hydrogen-bond acceptors (Lipinski definition) is 4. The average molecular weight is 393 g/mol. The van der Waals surface area contributed by atoms with Gasteiger partial charge in [0.05, 0.1) is 11.1 Å². The highest BCUT2D eigenvalue weighted by Gasteiger charge is 2.31. The van der Waals surface area contributed by atoms with Crippen LogP contribution in [-0.2, 0) is 0 Å². The van der Waals surface area contributed by atoms with Gasteiger partial charge in [0, 0.05) is 29.4 Å². The van der Waals surface area contributed by atoms with Crippen LogP contribution in [0.2, 0.25) is 0 Å². The molecule has 0 spiro atoms. The Morgan fingerprint density at radius 1 is 0.793 bits per heavy atom. The minimum absolute atomic E-state index is 0.0560. The van der Waals surface area contributed by atoms with E-state index < -0.39 is 11.8 Å². The van der Waals surface area contributed by atoms with Gasteiger partial charge in [-0.3, -0.25) is 4.79 Å². The molecule has 0 aliphatic heterocycles. The Balaban J connectivity index is 1.66. The highest BCUT2D eigenvalue weighted by molar-refractivity contribution is 6.15. The molecule has 5 nitrogen and oxygen atoms in total. The quantitative estimate of drug-likeness (QED) is 0.674. The molecule has 0 aromatic heterocycles. The lowest BCUT2D eigenvalue weighted by Gasteiger charge is -2.37. The molecular formula is C24H27NO4. The fourth-order valence-corrected chi connectivity index (χ4v) is 4.97. The van der Waals surface area contributed by atoms with E-state index in [9.17, 15) is 19.8 Å². The summed E-state index contributed by atoms with van der Waals surface area (Å²) in [5, 5.41) is 20.1. The van der Waals surface area contributed by atoms with Crippen molar-refractivity contribution >= 4 is 17.4 Å². The molecule has 2 fully saturated rings. The minimum atomic E-state index is -1.15. The maximum Gasteiger partial charge on any atom is 0.336 e. The molecule has 0 unspecified atom stereocenters. The number of carbonyl (C=O) groups excluding carboxylic acids is 1. The second-order valence-corrected chi connectivity index (χ2v) is 8.17. The van der Waals surface area contributed by atoms with E-state index in [2.05, 4.69) is 4.90 Å². The number of phenols is 1. The number of anilines is 1. The lowest BCUT2D eigenvalue weighted by atomic mass is 9.97. The Hall–Kier alpha value is -2.82. The standard InChI is InChI=1S/C24H27NO4/c26-22-15-18(25(16-7-1-2-8-16)17-9-3-4-10-17)13-14-21(22)23(27)19-11-5-6-12-20(19)24(28)29/h5-6,11-17,26H,1-4,7-10H2,(H,28,29). The summed E-state index contributed by atoms with van der Waals surface area (Å²) in [4.78, 5) is 26.9. The number of carboxylic acid groups (broad SMARTS) is 1. The first kappa shape index (κ1) is 19.5. The number of benzene rings is 2. The Kier molecular flexibility index (Phi) is 5.56. The van der Waals surface area contributed by atoms with Crippen LogP contribution in [0.25, 0.3) is 0 Å². The summed E-state index contributed by atoms with van der Waals surface area (Å²) >= 11 is 0. The Bertz CT molecular complexity index is 895. The average Bonchev–Trinajstić information content (AvgIpc) is 3.43. The predicted molar refractivity (Wildman–Crippen MR) is 112 cm³/mol. The zero-order valence-electron chi connectivity index (χ0n) is 16.5. The van der Waals surface area contributed by atoms with Gasteiger partial charge in [0.15, 0.2) is 5.78 Å². The number of rotatable bonds is 6. The molecule has 2 aliphatic carbocycles. The molecule has 0 heterocycles. The van der Waals surface area contributed by atoms with E-state index in [0.29, 0.717) is 12.1 Å². The van der Waals surface area contributed by atoms with Crippen LogP contribution in [-0.4, -0.2) is 34.0 Å². The zero-order chi connectivity index (χ0) is 20.4. The molecule has 0 atom stereocenters. The number of carboxylic acids is 1. The van der Waals surface area contributed by atoms with Crippen LogP contribution in [0, 0.1) is 0 Å². The van der Waals surface area contributed by atoms with Gasteiger partial charge in [0.2, 0.25) is 0 Å². The second-order valence-electron chi connectivity index (χ2n) is 8.17. The third-order valence-electron chi connectivity index (χ3n) is 6.36. The molecule has 0 radical (unpaired) electrons. The molecule has 0 saturated heterocycles. The van der Waals surface area contributed by atoms with E-state index in [1.54, 1.807) is 24.3 Å². The van der Waals surface area contributed by atoms with Crippen molar-refractivity contribution in [3.8, 4) is 5.75 Å². The molecule has 0 amide bonds. The summed E-state index contributed by atoms with van der Waals surface area (Å²) in [5.74, 6) is -1.72. The van der Waals surface area contributed by atoms with Crippen molar-refractivity contribution in [1.82, 2.24) is 0 Å². The predicted octanol–water partition coefficient (Wildman–Crippen LogP) is 5.01. The molecular weight excluding hydrogens is 366 g/mol. The fourth-order valence-electron chi connectivity index (χ4n) is 4.97. The number of aromatic hydroxyl groups is 1. The molecule has 0 bridgehead atoms. The van der Waals surface area contributed by atoms with Crippen molar-refractivity contribution in [2.45, 2.75) is 63.5 Å². The van der Waals surface area contributed by atoms with Crippen LogP contribution in [0.5, 0.6) is 5.75 Å². The van der Waals surface area contributed by atoms with Crippen molar-refractivity contribution in [3.63, 3.8) is 0 Å². The molecule has 2 aromatic carbocycles. The molecule has 152 valence electrons. The smallest absolute Gasteiger partial charge is 0.336 e. The topological polar surface area (TPSA) is 77.8 Å². The minimum Gasteiger partial charge on any atom is -0.507 e. The van der Waals surface area contributed by atoms with Crippen molar-refractivity contribution in [1.29, 1.82) is 0 Å². The van der Waals surface area contributed by atoms with Crippen molar-refractivity contribution < 1.29 is 19.8 Å². The van der Waals surface area contributed by atoms with Crippen LogP contribution in [0.1, 0.15) is 77.6 Å².